The Hall–Kier alpha value is -1.93. The van der Waals surface area contributed by atoms with Gasteiger partial charge in [-0.3, -0.25) is 9.89 Å². The lowest BCUT2D eigenvalue weighted by Gasteiger charge is -2.22. The molecule has 1 atom stereocenters. The maximum absolute atomic E-state index is 14.1. The molecule has 2 N–H and O–H groups in total. The lowest BCUT2D eigenvalue weighted by atomic mass is 10.2. The third-order valence-corrected chi connectivity index (χ3v) is 5.43. The number of halogens is 2. The lowest BCUT2D eigenvalue weighted by Crippen LogP contribution is -2.45. The number of benzene rings is 1. The van der Waals surface area contributed by atoms with Crippen LogP contribution in [0.5, 0.6) is 0 Å². The molecule has 1 aliphatic carbocycles. The highest BCUT2D eigenvalue weighted by Gasteiger charge is 2.28. The van der Waals surface area contributed by atoms with Crippen LogP contribution in [0.2, 0.25) is 0 Å². The van der Waals surface area contributed by atoms with Crippen molar-refractivity contribution in [2.75, 3.05) is 57.9 Å². The molecule has 1 heterocycles. The Morgan fingerprint density at radius 3 is 2.79 bits per heavy atom. The van der Waals surface area contributed by atoms with E-state index in [4.69, 9.17) is 9.73 Å². The molecule has 6 nitrogen and oxygen atoms in total. The summed E-state index contributed by atoms with van der Waals surface area (Å²) in [6.45, 7) is 7.55. The molecule has 0 aromatic heterocycles. The normalized spacial score (nSPS) is 19.8. The minimum absolute atomic E-state index is 0.172. The number of hydrogen-bond acceptors (Lipinski definition) is 4. The first-order chi connectivity index (χ1) is 14.1. The third-order valence-electron chi connectivity index (χ3n) is 5.43. The maximum atomic E-state index is 14.1. The van der Waals surface area contributed by atoms with Crippen LogP contribution in [-0.2, 0) is 4.74 Å². The number of aliphatic imine (C=N–C) groups is 1. The Bertz CT molecular complexity index is 683. The van der Waals surface area contributed by atoms with E-state index in [-0.39, 0.29) is 6.04 Å². The molecule has 1 aliphatic heterocycles. The van der Waals surface area contributed by atoms with E-state index in [9.17, 15) is 8.78 Å². The van der Waals surface area contributed by atoms with Gasteiger partial charge in [-0.25, -0.2) is 8.78 Å². The van der Waals surface area contributed by atoms with E-state index in [0.717, 1.165) is 57.8 Å². The molecule has 0 bridgehead atoms. The molecule has 2 aliphatic rings. The Labute approximate surface area is 172 Å². The van der Waals surface area contributed by atoms with E-state index in [0.29, 0.717) is 18.3 Å². The van der Waals surface area contributed by atoms with E-state index >= 15 is 0 Å². The Balaban J connectivity index is 1.51. The second-order valence-electron chi connectivity index (χ2n) is 7.69. The highest BCUT2D eigenvalue weighted by atomic mass is 19.1. The quantitative estimate of drug-likeness (QED) is 0.458. The standard InChI is InChI=1S/C21H33F2N5O/c1-3-24-21(25-9-11-27(12-13-29-2)18-5-6-18)26-17-8-10-28(15-17)20-7-4-16(22)14-19(20)23/h4,7,14,17-18H,3,5-6,8-13,15H2,1-2H3,(H2,24,25,26). The van der Waals surface area contributed by atoms with Gasteiger partial charge >= 0.3 is 0 Å². The summed E-state index contributed by atoms with van der Waals surface area (Å²) in [5, 5.41) is 6.76. The van der Waals surface area contributed by atoms with Gasteiger partial charge in [-0.1, -0.05) is 0 Å². The van der Waals surface area contributed by atoms with Gasteiger partial charge in [-0.05, 0) is 38.3 Å². The first kappa shape index (κ1) is 21.8. The van der Waals surface area contributed by atoms with Crippen LogP contribution in [0.4, 0.5) is 14.5 Å². The zero-order valence-electron chi connectivity index (χ0n) is 17.5. The van der Waals surface area contributed by atoms with E-state index in [1.54, 1.807) is 7.11 Å². The van der Waals surface area contributed by atoms with Gasteiger partial charge in [0.05, 0.1) is 18.8 Å². The molecule has 1 aromatic rings. The maximum Gasteiger partial charge on any atom is 0.191 e. The Kier molecular flexibility index (Phi) is 8.06. The van der Waals surface area contributed by atoms with Crippen LogP contribution < -0.4 is 15.5 Å². The molecule has 2 fully saturated rings. The minimum Gasteiger partial charge on any atom is -0.383 e. The minimum atomic E-state index is -0.549. The van der Waals surface area contributed by atoms with Crippen molar-refractivity contribution >= 4 is 11.6 Å². The largest absolute Gasteiger partial charge is 0.383 e. The highest BCUT2D eigenvalue weighted by Crippen LogP contribution is 2.26. The van der Waals surface area contributed by atoms with Crippen molar-refractivity contribution in [2.45, 2.75) is 38.3 Å². The first-order valence-corrected chi connectivity index (χ1v) is 10.6. The van der Waals surface area contributed by atoms with Crippen LogP contribution in [-0.4, -0.2) is 75.9 Å². The summed E-state index contributed by atoms with van der Waals surface area (Å²) in [5.74, 6) is -0.267. The smallest absolute Gasteiger partial charge is 0.191 e. The summed E-state index contributed by atoms with van der Waals surface area (Å²) in [4.78, 5) is 9.14. The molecule has 0 amide bonds. The number of methoxy groups -OCH3 is 1. The second-order valence-corrected chi connectivity index (χ2v) is 7.69. The van der Waals surface area contributed by atoms with Crippen LogP contribution >= 0.6 is 0 Å². The second kappa shape index (κ2) is 10.7. The van der Waals surface area contributed by atoms with Crippen molar-refractivity contribution in [1.82, 2.24) is 15.5 Å². The molecule has 1 saturated carbocycles. The van der Waals surface area contributed by atoms with Gasteiger partial charge in [-0.2, -0.15) is 0 Å². The monoisotopic (exact) mass is 409 g/mol. The number of hydrogen-bond donors (Lipinski definition) is 2. The van der Waals surface area contributed by atoms with Gasteiger partial charge in [0.25, 0.3) is 0 Å². The topological polar surface area (TPSA) is 52.1 Å². The van der Waals surface area contributed by atoms with Crippen LogP contribution in [0.3, 0.4) is 0 Å². The van der Waals surface area contributed by atoms with Crippen molar-refractivity contribution in [2.24, 2.45) is 4.99 Å². The van der Waals surface area contributed by atoms with Crippen molar-refractivity contribution < 1.29 is 13.5 Å². The summed E-state index contributed by atoms with van der Waals surface area (Å²) in [6, 6.07) is 4.62. The molecule has 0 spiro atoms. The van der Waals surface area contributed by atoms with Crippen molar-refractivity contribution in [1.29, 1.82) is 0 Å². The fourth-order valence-electron chi connectivity index (χ4n) is 3.76. The van der Waals surface area contributed by atoms with Gasteiger partial charge in [0, 0.05) is 58.0 Å². The molecule has 8 heteroatoms. The van der Waals surface area contributed by atoms with Gasteiger partial charge in [0.2, 0.25) is 0 Å². The molecule has 0 radical (unpaired) electrons. The van der Waals surface area contributed by atoms with E-state index < -0.39 is 11.6 Å². The number of nitrogens with zero attached hydrogens (tertiary/aromatic N) is 3. The fourth-order valence-corrected chi connectivity index (χ4v) is 3.76. The average molecular weight is 410 g/mol. The van der Waals surface area contributed by atoms with Gasteiger partial charge < -0.3 is 20.3 Å². The van der Waals surface area contributed by atoms with E-state index in [1.165, 1.54) is 25.0 Å². The van der Waals surface area contributed by atoms with Crippen LogP contribution in [0, 0.1) is 11.6 Å². The highest BCUT2D eigenvalue weighted by molar-refractivity contribution is 5.80. The zero-order chi connectivity index (χ0) is 20.6. The summed E-state index contributed by atoms with van der Waals surface area (Å²) in [6.07, 6.45) is 3.41. The van der Waals surface area contributed by atoms with E-state index in [1.807, 2.05) is 11.8 Å². The lowest BCUT2D eigenvalue weighted by molar-refractivity contribution is 0.145. The number of ether oxygens (including phenoxy) is 1. The molecular weight excluding hydrogens is 376 g/mol. The van der Waals surface area contributed by atoms with Gasteiger partial charge in [0.1, 0.15) is 11.6 Å². The molecule has 1 saturated heterocycles. The van der Waals surface area contributed by atoms with Crippen LogP contribution in [0.1, 0.15) is 26.2 Å². The van der Waals surface area contributed by atoms with Crippen molar-refractivity contribution in [3.63, 3.8) is 0 Å². The number of rotatable bonds is 10. The van der Waals surface area contributed by atoms with Crippen LogP contribution in [0.15, 0.2) is 23.2 Å². The van der Waals surface area contributed by atoms with Crippen molar-refractivity contribution in [3.8, 4) is 0 Å². The number of guanidine groups is 1. The van der Waals surface area contributed by atoms with Gasteiger partial charge in [-0.15, -0.1) is 0 Å². The summed E-state index contributed by atoms with van der Waals surface area (Å²) >= 11 is 0. The number of nitrogens with one attached hydrogen (secondary N) is 2. The zero-order valence-corrected chi connectivity index (χ0v) is 17.5. The Morgan fingerprint density at radius 1 is 1.28 bits per heavy atom. The molecule has 1 aromatic carbocycles. The van der Waals surface area contributed by atoms with E-state index in [2.05, 4.69) is 15.5 Å². The molecular formula is C21H33F2N5O. The molecule has 1 unspecified atom stereocenters. The summed E-state index contributed by atoms with van der Waals surface area (Å²) in [7, 11) is 1.74. The predicted molar refractivity (Wildman–Crippen MR) is 113 cm³/mol. The Morgan fingerprint density at radius 2 is 2.10 bits per heavy atom. The number of anilines is 1. The predicted octanol–water partition coefficient (Wildman–Crippen LogP) is 2.21. The van der Waals surface area contributed by atoms with Crippen molar-refractivity contribution in [3.05, 3.63) is 29.8 Å². The summed E-state index contributed by atoms with van der Waals surface area (Å²) < 4.78 is 32.4. The fraction of sp³-hybridized carbons (Fsp3) is 0.667. The van der Waals surface area contributed by atoms with Crippen LogP contribution in [0.25, 0.3) is 0 Å². The molecule has 162 valence electrons. The average Bonchev–Trinajstić information content (AvgIpc) is 3.44. The molecule has 29 heavy (non-hydrogen) atoms. The SMILES string of the molecule is CCNC(=NCCN(CCOC)C1CC1)NC1CCN(c2ccc(F)cc2F)C1. The first-order valence-electron chi connectivity index (χ1n) is 10.6. The van der Waals surface area contributed by atoms with Gasteiger partial charge in [0.15, 0.2) is 5.96 Å². The molecule has 3 rings (SSSR count). The summed E-state index contributed by atoms with van der Waals surface area (Å²) in [5.41, 5.74) is 0.454. The third kappa shape index (κ3) is 6.54.